The van der Waals surface area contributed by atoms with Crippen LogP contribution in [0.4, 0.5) is 5.69 Å². The number of carbonyl (C=O) groups is 1. The number of anilines is 1. The Labute approximate surface area is 114 Å². The molecule has 0 amide bonds. The minimum Gasteiger partial charge on any atom is -0.469 e. The number of benzene rings is 1. The zero-order valence-electron chi connectivity index (χ0n) is 10.1. The minimum absolute atomic E-state index is 0.208. The second-order valence-corrected chi connectivity index (χ2v) is 6.28. The maximum absolute atomic E-state index is 11.5. The molecule has 0 saturated heterocycles. The van der Waals surface area contributed by atoms with Crippen LogP contribution in [0, 0.1) is 5.41 Å². The number of hydrogen-bond acceptors (Lipinski definition) is 4. The second-order valence-electron chi connectivity index (χ2n) is 4.35. The van der Waals surface area contributed by atoms with E-state index in [0.717, 1.165) is 9.37 Å². The second kappa shape index (κ2) is 5.78. The van der Waals surface area contributed by atoms with Crippen LogP contribution < -0.4 is 5.73 Å². The monoisotopic (exact) mass is 317 g/mol. The van der Waals surface area contributed by atoms with Crippen molar-refractivity contribution in [1.29, 1.82) is 0 Å². The summed E-state index contributed by atoms with van der Waals surface area (Å²) in [4.78, 5) is 12.5. The zero-order valence-corrected chi connectivity index (χ0v) is 12.5. The van der Waals surface area contributed by atoms with E-state index in [1.165, 1.54) is 7.11 Å². The molecule has 0 fully saturated rings. The summed E-state index contributed by atoms with van der Waals surface area (Å²) in [5, 5.41) is 0. The lowest BCUT2D eigenvalue weighted by Gasteiger charge is -2.21. The van der Waals surface area contributed by atoms with Crippen LogP contribution in [0.15, 0.2) is 27.6 Å². The Bertz CT molecular complexity index is 421. The van der Waals surface area contributed by atoms with E-state index in [2.05, 4.69) is 15.9 Å². The summed E-state index contributed by atoms with van der Waals surface area (Å²) < 4.78 is 5.71. The Morgan fingerprint density at radius 3 is 2.71 bits per heavy atom. The van der Waals surface area contributed by atoms with E-state index in [9.17, 15) is 4.79 Å². The number of rotatable bonds is 4. The molecule has 3 nitrogen and oxygen atoms in total. The number of ether oxygens (including phenoxy) is 1. The van der Waals surface area contributed by atoms with Gasteiger partial charge in [0.1, 0.15) is 0 Å². The molecule has 0 spiro atoms. The van der Waals surface area contributed by atoms with Gasteiger partial charge in [-0.15, -0.1) is 11.8 Å². The van der Waals surface area contributed by atoms with Gasteiger partial charge in [0.15, 0.2) is 0 Å². The van der Waals surface area contributed by atoms with Crippen LogP contribution in [-0.4, -0.2) is 18.8 Å². The number of nitrogens with two attached hydrogens (primary N) is 1. The first-order chi connectivity index (χ1) is 7.86. The smallest absolute Gasteiger partial charge is 0.312 e. The number of carbonyl (C=O) groups excluding carboxylic acids is 1. The average molecular weight is 318 g/mol. The Hall–Kier alpha value is -0.680. The van der Waals surface area contributed by atoms with Gasteiger partial charge in [0, 0.05) is 20.8 Å². The molecule has 0 radical (unpaired) electrons. The van der Waals surface area contributed by atoms with Crippen molar-refractivity contribution in [3.8, 4) is 0 Å². The van der Waals surface area contributed by atoms with Crippen LogP contribution in [-0.2, 0) is 9.53 Å². The Kier molecular flexibility index (Phi) is 4.89. The number of methoxy groups -OCH3 is 1. The van der Waals surface area contributed by atoms with Crippen molar-refractivity contribution in [3.05, 3.63) is 22.7 Å². The molecule has 0 saturated carbocycles. The molecule has 1 rings (SSSR count). The fraction of sp³-hybridized carbons (Fsp3) is 0.417. The van der Waals surface area contributed by atoms with Gasteiger partial charge >= 0.3 is 5.97 Å². The van der Waals surface area contributed by atoms with Crippen molar-refractivity contribution in [2.75, 3.05) is 18.6 Å². The number of halogens is 1. The average Bonchev–Trinajstić information content (AvgIpc) is 2.26. The van der Waals surface area contributed by atoms with Crippen molar-refractivity contribution in [3.63, 3.8) is 0 Å². The molecule has 1 aromatic rings. The quantitative estimate of drug-likeness (QED) is 0.526. The molecule has 2 N–H and O–H groups in total. The molecule has 0 aromatic heterocycles. The molecule has 94 valence electrons. The first kappa shape index (κ1) is 14.4. The largest absolute Gasteiger partial charge is 0.469 e. The standard InChI is InChI=1S/C12H16BrNO2S/c1-12(2,11(15)16-3)7-17-10-5-4-8(13)6-9(10)14/h4-6H,7,14H2,1-3H3. The van der Waals surface area contributed by atoms with Gasteiger partial charge in [-0.05, 0) is 32.0 Å². The molecule has 0 aliphatic rings. The molecular formula is C12H16BrNO2S. The molecule has 5 heteroatoms. The summed E-state index contributed by atoms with van der Waals surface area (Å²) in [5.41, 5.74) is 6.09. The Morgan fingerprint density at radius 1 is 1.53 bits per heavy atom. The predicted octanol–water partition coefficient (Wildman–Crippen LogP) is 3.32. The van der Waals surface area contributed by atoms with Crippen molar-refractivity contribution in [2.45, 2.75) is 18.7 Å². The molecule has 0 aliphatic heterocycles. The number of thioether (sulfide) groups is 1. The molecule has 1 aromatic carbocycles. The fourth-order valence-electron chi connectivity index (χ4n) is 1.24. The summed E-state index contributed by atoms with van der Waals surface area (Å²) >= 11 is 4.92. The van der Waals surface area contributed by atoms with E-state index in [4.69, 9.17) is 10.5 Å². The van der Waals surface area contributed by atoms with E-state index < -0.39 is 5.41 Å². The third-order valence-electron chi connectivity index (χ3n) is 2.30. The molecule has 0 atom stereocenters. The molecular weight excluding hydrogens is 302 g/mol. The molecule has 0 aliphatic carbocycles. The van der Waals surface area contributed by atoms with E-state index in [1.54, 1.807) is 11.8 Å². The fourth-order valence-corrected chi connectivity index (χ4v) is 2.65. The highest BCUT2D eigenvalue weighted by molar-refractivity contribution is 9.10. The van der Waals surface area contributed by atoms with Crippen LogP contribution in [0.2, 0.25) is 0 Å². The van der Waals surface area contributed by atoms with Gasteiger partial charge in [-0.2, -0.15) is 0 Å². The van der Waals surface area contributed by atoms with E-state index in [0.29, 0.717) is 11.4 Å². The Morgan fingerprint density at radius 2 is 2.18 bits per heavy atom. The summed E-state index contributed by atoms with van der Waals surface area (Å²) in [5.74, 6) is 0.423. The highest BCUT2D eigenvalue weighted by atomic mass is 79.9. The van der Waals surface area contributed by atoms with Gasteiger partial charge in [0.25, 0.3) is 0 Å². The maximum Gasteiger partial charge on any atom is 0.312 e. The van der Waals surface area contributed by atoms with Gasteiger partial charge in [-0.3, -0.25) is 4.79 Å². The van der Waals surface area contributed by atoms with Crippen LogP contribution in [0.25, 0.3) is 0 Å². The SMILES string of the molecule is COC(=O)C(C)(C)CSc1ccc(Br)cc1N. The minimum atomic E-state index is -0.515. The number of nitrogen functional groups attached to an aromatic ring is 1. The predicted molar refractivity (Wildman–Crippen MR) is 75.1 cm³/mol. The highest BCUT2D eigenvalue weighted by Crippen LogP contribution is 2.33. The van der Waals surface area contributed by atoms with Gasteiger partial charge in [0.2, 0.25) is 0 Å². The Balaban J connectivity index is 2.70. The van der Waals surface area contributed by atoms with Crippen LogP contribution in [0.3, 0.4) is 0 Å². The summed E-state index contributed by atoms with van der Waals surface area (Å²) in [7, 11) is 1.41. The number of esters is 1. The number of hydrogen-bond donors (Lipinski definition) is 1. The van der Waals surface area contributed by atoms with Crippen molar-refractivity contribution in [2.24, 2.45) is 5.41 Å². The normalized spacial score (nSPS) is 11.3. The lowest BCUT2D eigenvalue weighted by atomic mass is 9.97. The molecule has 0 heterocycles. The van der Waals surface area contributed by atoms with Gasteiger partial charge in [0.05, 0.1) is 12.5 Å². The van der Waals surface area contributed by atoms with Gasteiger partial charge in [-0.1, -0.05) is 15.9 Å². The van der Waals surface area contributed by atoms with Gasteiger partial charge in [-0.25, -0.2) is 0 Å². The van der Waals surface area contributed by atoms with Crippen LogP contribution >= 0.6 is 27.7 Å². The lowest BCUT2D eigenvalue weighted by Crippen LogP contribution is -2.28. The first-order valence-electron chi connectivity index (χ1n) is 5.13. The molecule has 17 heavy (non-hydrogen) atoms. The van der Waals surface area contributed by atoms with E-state index in [-0.39, 0.29) is 5.97 Å². The van der Waals surface area contributed by atoms with Crippen molar-refractivity contribution < 1.29 is 9.53 Å². The van der Waals surface area contributed by atoms with E-state index >= 15 is 0 Å². The summed E-state index contributed by atoms with van der Waals surface area (Å²) in [6, 6.07) is 5.73. The first-order valence-corrected chi connectivity index (χ1v) is 6.91. The molecule has 0 bridgehead atoms. The van der Waals surface area contributed by atoms with Crippen LogP contribution in [0.5, 0.6) is 0 Å². The summed E-state index contributed by atoms with van der Waals surface area (Å²) in [6.45, 7) is 3.72. The van der Waals surface area contributed by atoms with Crippen LogP contribution in [0.1, 0.15) is 13.8 Å². The topological polar surface area (TPSA) is 52.3 Å². The lowest BCUT2D eigenvalue weighted by molar-refractivity contribution is -0.149. The third-order valence-corrected chi connectivity index (χ3v) is 4.34. The third kappa shape index (κ3) is 3.92. The summed E-state index contributed by atoms with van der Waals surface area (Å²) in [6.07, 6.45) is 0. The van der Waals surface area contributed by atoms with Crippen molar-refractivity contribution in [1.82, 2.24) is 0 Å². The molecule has 0 unspecified atom stereocenters. The highest BCUT2D eigenvalue weighted by Gasteiger charge is 2.28. The van der Waals surface area contributed by atoms with Crippen molar-refractivity contribution >= 4 is 39.3 Å². The zero-order chi connectivity index (χ0) is 13.1. The van der Waals surface area contributed by atoms with E-state index in [1.807, 2.05) is 32.0 Å². The maximum atomic E-state index is 11.5. The van der Waals surface area contributed by atoms with Gasteiger partial charge < -0.3 is 10.5 Å².